The van der Waals surface area contributed by atoms with Gasteiger partial charge >= 0.3 is 6.18 Å². The highest BCUT2D eigenvalue weighted by Gasteiger charge is 2.62. The lowest BCUT2D eigenvalue weighted by Gasteiger charge is -2.38. The summed E-state index contributed by atoms with van der Waals surface area (Å²) in [6.45, 7) is 3.13. The molecule has 3 rings (SSSR count). The molecule has 0 bridgehead atoms. The molecule has 0 spiro atoms. The van der Waals surface area contributed by atoms with Crippen molar-refractivity contribution >= 4 is 23.4 Å². The number of benzene rings is 2. The molecule has 1 fully saturated rings. The Kier molecular flexibility index (Phi) is 9.84. The molecule has 2 aromatic rings. The van der Waals surface area contributed by atoms with Gasteiger partial charge in [-0.2, -0.15) is 13.2 Å². The zero-order valence-corrected chi connectivity index (χ0v) is 21.4. The van der Waals surface area contributed by atoms with E-state index < -0.39 is 23.2 Å². The Morgan fingerprint density at radius 1 is 1.11 bits per heavy atom. The molecule has 0 radical (unpaired) electrons. The molecule has 37 heavy (non-hydrogen) atoms. The largest absolute Gasteiger partial charge is 0.494 e. The monoisotopic (exact) mass is 540 g/mol. The summed E-state index contributed by atoms with van der Waals surface area (Å²) in [5.74, 6) is -0.712. The standard InChI is InChI=1S/C27H32ClF3N2O4/c1-2-32-24(34)22-12-11-21(18-23(22)28)37-17-7-6-8-19-13-15-33(16-14-19)25(35)26(36,27(29,30)31)20-9-4-3-5-10-20/h3-5,9-12,18-19,36H,2,6-8,13-17H2,1H3,(H,32,34). The van der Waals surface area contributed by atoms with Crippen molar-refractivity contribution in [2.24, 2.45) is 5.92 Å². The minimum atomic E-state index is -5.13. The number of carbonyl (C=O) groups excluding carboxylic acids is 2. The van der Waals surface area contributed by atoms with Crippen molar-refractivity contribution in [1.82, 2.24) is 10.2 Å². The molecule has 1 aliphatic heterocycles. The van der Waals surface area contributed by atoms with E-state index in [1.54, 1.807) is 18.2 Å². The Morgan fingerprint density at radius 3 is 2.38 bits per heavy atom. The smallest absolute Gasteiger partial charge is 0.430 e. The van der Waals surface area contributed by atoms with Crippen molar-refractivity contribution in [3.63, 3.8) is 0 Å². The van der Waals surface area contributed by atoms with E-state index >= 15 is 0 Å². The molecular formula is C27H32ClF3N2O4. The number of unbranched alkanes of at least 4 members (excludes halogenated alkanes) is 1. The van der Waals surface area contributed by atoms with Gasteiger partial charge in [-0.3, -0.25) is 9.59 Å². The van der Waals surface area contributed by atoms with E-state index in [-0.39, 0.29) is 24.9 Å². The third-order valence-corrected chi connectivity index (χ3v) is 6.92. The third-order valence-electron chi connectivity index (χ3n) is 6.61. The number of nitrogens with one attached hydrogen (secondary N) is 1. The van der Waals surface area contributed by atoms with Crippen molar-refractivity contribution < 1.29 is 32.6 Å². The summed E-state index contributed by atoms with van der Waals surface area (Å²) >= 11 is 6.18. The highest BCUT2D eigenvalue weighted by Crippen LogP contribution is 2.41. The van der Waals surface area contributed by atoms with Crippen LogP contribution < -0.4 is 10.1 Å². The van der Waals surface area contributed by atoms with Crippen LogP contribution in [0, 0.1) is 5.92 Å². The highest BCUT2D eigenvalue weighted by atomic mass is 35.5. The molecule has 0 saturated carbocycles. The first-order valence-corrected chi connectivity index (χ1v) is 12.8. The first-order valence-electron chi connectivity index (χ1n) is 12.4. The van der Waals surface area contributed by atoms with E-state index in [0.29, 0.717) is 42.3 Å². The van der Waals surface area contributed by atoms with Crippen LogP contribution >= 0.6 is 11.6 Å². The number of halogens is 4. The number of hydrogen-bond donors (Lipinski definition) is 2. The molecule has 1 aliphatic rings. The molecule has 202 valence electrons. The van der Waals surface area contributed by atoms with Gasteiger partial charge in [0.2, 0.25) is 0 Å². The first-order chi connectivity index (χ1) is 17.6. The van der Waals surface area contributed by atoms with Gasteiger partial charge in [0.25, 0.3) is 17.4 Å². The minimum Gasteiger partial charge on any atom is -0.494 e. The number of aliphatic hydroxyl groups is 1. The maximum atomic E-state index is 13.8. The van der Waals surface area contributed by atoms with Crippen molar-refractivity contribution in [3.8, 4) is 5.75 Å². The van der Waals surface area contributed by atoms with Crippen LogP contribution in [-0.4, -0.2) is 54.2 Å². The summed E-state index contributed by atoms with van der Waals surface area (Å²) in [4.78, 5) is 25.9. The maximum Gasteiger partial charge on any atom is 0.430 e. The number of alkyl halides is 3. The predicted octanol–water partition coefficient (Wildman–Crippen LogP) is 5.33. The van der Waals surface area contributed by atoms with Gasteiger partial charge < -0.3 is 20.1 Å². The number of hydrogen-bond acceptors (Lipinski definition) is 4. The van der Waals surface area contributed by atoms with Crippen molar-refractivity contribution in [3.05, 3.63) is 64.7 Å². The fraction of sp³-hybridized carbons (Fsp3) is 0.481. The Balaban J connectivity index is 1.43. The van der Waals surface area contributed by atoms with Gasteiger partial charge in [-0.25, -0.2) is 0 Å². The topological polar surface area (TPSA) is 78.9 Å². The average molecular weight is 541 g/mol. The first kappa shape index (κ1) is 28.8. The Labute approximate surface area is 219 Å². The van der Waals surface area contributed by atoms with Gasteiger partial charge in [0, 0.05) is 25.2 Å². The third kappa shape index (κ3) is 6.96. The van der Waals surface area contributed by atoms with Crippen LogP contribution in [0.1, 0.15) is 54.9 Å². The molecule has 2 amide bonds. The fourth-order valence-corrected chi connectivity index (χ4v) is 4.75. The number of piperidine rings is 1. The van der Waals surface area contributed by atoms with E-state index in [1.165, 1.54) is 18.2 Å². The summed E-state index contributed by atoms with van der Waals surface area (Å²) < 4.78 is 47.2. The summed E-state index contributed by atoms with van der Waals surface area (Å²) in [7, 11) is 0. The summed E-state index contributed by atoms with van der Waals surface area (Å²) in [6, 6.07) is 11.4. The van der Waals surface area contributed by atoms with Crippen LogP contribution in [0.2, 0.25) is 5.02 Å². The Bertz CT molecular complexity index is 1060. The van der Waals surface area contributed by atoms with Crippen molar-refractivity contribution in [2.45, 2.75) is 50.8 Å². The number of nitrogens with zero attached hydrogens (tertiary/aromatic N) is 1. The lowest BCUT2D eigenvalue weighted by molar-refractivity contribution is -0.262. The van der Waals surface area contributed by atoms with Gasteiger partial charge in [0.1, 0.15) is 5.75 Å². The van der Waals surface area contributed by atoms with E-state index in [0.717, 1.165) is 36.3 Å². The lowest BCUT2D eigenvalue weighted by Crippen LogP contribution is -2.57. The van der Waals surface area contributed by atoms with Gasteiger partial charge in [-0.1, -0.05) is 48.4 Å². The molecule has 2 N–H and O–H groups in total. The van der Waals surface area contributed by atoms with E-state index in [2.05, 4.69) is 5.32 Å². The van der Waals surface area contributed by atoms with Crippen molar-refractivity contribution in [2.75, 3.05) is 26.2 Å². The summed E-state index contributed by atoms with van der Waals surface area (Å²) in [6.07, 6.45) is -1.48. The van der Waals surface area contributed by atoms with Gasteiger partial charge in [-0.15, -0.1) is 0 Å². The Hall–Kier alpha value is -2.78. The molecule has 6 nitrogen and oxygen atoms in total. The highest BCUT2D eigenvalue weighted by molar-refractivity contribution is 6.34. The predicted molar refractivity (Wildman–Crippen MR) is 135 cm³/mol. The van der Waals surface area contributed by atoms with E-state index in [1.807, 2.05) is 6.92 Å². The van der Waals surface area contributed by atoms with Gasteiger partial charge in [0.05, 0.1) is 17.2 Å². The quantitative estimate of drug-likeness (QED) is 0.399. The van der Waals surface area contributed by atoms with Crippen LogP contribution in [0.5, 0.6) is 5.75 Å². The van der Waals surface area contributed by atoms with Crippen LogP contribution in [-0.2, 0) is 10.4 Å². The molecule has 0 aromatic heterocycles. The zero-order valence-electron chi connectivity index (χ0n) is 20.7. The lowest BCUT2D eigenvalue weighted by atomic mass is 9.88. The second kappa shape index (κ2) is 12.6. The molecule has 1 heterocycles. The molecule has 1 unspecified atom stereocenters. The Morgan fingerprint density at radius 2 is 1.78 bits per heavy atom. The van der Waals surface area contributed by atoms with Gasteiger partial charge in [-0.05, 0) is 56.7 Å². The average Bonchev–Trinajstić information content (AvgIpc) is 2.88. The van der Waals surface area contributed by atoms with Crippen molar-refractivity contribution in [1.29, 1.82) is 0 Å². The molecular weight excluding hydrogens is 509 g/mol. The molecule has 1 saturated heterocycles. The maximum absolute atomic E-state index is 13.8. The summed E-state index contributed by atoms with van der Waals surface area (Å²) in [5.41, 5.74) is -3.65. The summed E-state index contributed by atoms with van der Waals surface area (Å²) in [5, 5.41) is 13.5. The normalized spacial score (nSPS) is 16.2. The molecule has 0 aliphatic carbocycles. The molecule has 1 atom stereocenters. The van der Waals surface area contributed by atoms with E-state index in [9.17, 15) is 27.9 Å². The van der Waals surface area contributed by atoms with Crippen LogP contribution in [0.25, 0.3) is 0 Å². The minimum absolute atomic E-state index is 0.168. The number of likely N-dealkylation sites (tertiary alicyclic amines) is 1. The number of carbonyl (C=O) groups is 2. The second-order valence-electron chi connectivity index (χ2n) is 9.16. The molecule has 2 aromatic carbocycles. The SMILES string of the molecule is CCNC(=O)c1ccc(OCCCCC2CCN(C(=O)C(O)(c3ccccc3)C(F)(F)F)CC2)cc1Cl. The van der Waals surface area contributed by atoms with Crippen LogP contribution in [0.3, 0.4) is 0 Å². The zero-order chi connectivity index (χ0) is 27.1. The number of ether oxygens (including phenoxy) is 1. The van der Waals surface area contributed by atoms with Crippen LogP contribution in [0.4, 0.5) is 13.2 Å². The second-order valence-corrected chi connectivity index (χ2v) is 9.56. The van der Waals surface area contributed by atoms with Gasteiger partial charge in [0.15, 0.2) is 0 Å². The number of rotatable bonds is 10. The fourth-order valence-electron chi connectivity index (χ4n) is 4.49. The van der Waals surface area contributed by atoms with Crippen LogP contribution in [0.15, 0.2) is 48.5 Å². The van der Waals surface area contributed by atoms with E-state index in [4.69, 9.17) is 16.3 Å². The number of amides is 2. The molecule has 10 heteroatoms.